The predicted octanol–water partition coefficient (Wildman–Crippen LogP) is 4.01. The quantitative estimate of drug-likeness (QED) is 0.540. The number of rotatable bonds is 5. The van der Waals surface area contributed by atoms with Crippen LogP contribution in [0.25, 0.3) is 10.8 Å². The number of hydrogen-bond donors (Lipinski definition) is 2. The number of hydrogen-bond acceptors (Lipinski definition) is 4. The third kappa shape index (κ3) is 3.92. The van der Waals surface area contributed by atoms with Gasteiger partial charge in [0.15, 0.2) is 0 Å². The van der Waals surface area contributed by atoms with Gasteiger partial charge in [0.1, 0.15) is 11.5 Å². The van der Waals surface area contributed by atoms with Crippen LogP contribution in [0.2, 0.25) is 0 Å². The molecule has 0 aromatic heterocycles. The van der Waals surface area contributed by atoms with Crippen LogP contribution in [-0.4, -0.2) is 26.5 Å². The van der Waals surface area contributed by atoms with Gasteiger partial charge in [-0.15, -0.1) is 0 Å². The molecule has 0 spiro atoms. The van der Waals surface area contributed by atoms with E-state index in [0.29, 0.717) is 17.1 Å². The Kier molecular flexibility index (Phi) is 5.34. The maximum atomic E-state index is 12.1. The van der Waals surface area contributed by atoms with Gasteiger partial charge in [0.25, 0.3) is 0 Å². The van der Waals surface area contributed by atoms with E-state index in [1.807, 2.05) is 42.5 Å². The fourth-order valence-corrected chi connectivity index (χ4v) is 2.59. The van der Waals surface area contributed by atoms with Gasteiger partial charge < -0.3 is 14.8 Å². The molecule has 0 heterocycles. The van der Waals surface area contributed by atoms with Crippen molar-refractivity contribution in [3.05, 3.63) is 66.2 Å². The molecule has 26 heavy (non-hydrogen) atoms. The van der Waals surface area contributed by atoms with E-state index in [2.05, 4.69) is 15.8 Å². The second-order valence-electron chi connectivity index (χ2n) is 5.46. The molecule has 2 amide bonds. The Hall–Kier alpha value is -3.54. The number of carbonyl (C=O) groups excluding carboxylic acids is 1. The van der Waals surface area contributed by atoms with Crippen molar-refractivity contribution in [3.8, 4) is 11.5 Å². The van der Waals surface area contributed by atoms with Crippen molar-refractivity contribution in [2.75, 3.05) is 19.5 Å². The van der Waals surface area contributed by atoms with E-state index >= 15 is 0 Å². The Balaban J connectivity index is 1.70. The van der Waals surface area contributed by atoms with Crippen LogP contribution < -0.4 is 20.2 Å². The molecule has 0 radical (unpaired) electrons. The summed E-state index contributed by atoms with van der Waals surface area (Å²) in [5.41, 5.74) is 3.87. The molecule has 0 saturated carbocycles. The van der Waals surface area contributed by atoms with Crippen LogP contribution in [0.3, 0.4) is 0 Å². The molecule has 0 aliphatic rings. The summed E-state index contributed by atoms with van der Waals surface area (Å²) in [6.07, 6.45) is 1.50. The molecular weight excluding hydrogens is 330 g/mol. The monoisotopic (exact) mass is 349 g/mol. The molecule has 0 aliphatic heterocycles. The van der Waals surface area contributed by atoms with Gasteiger partial charge in [-0.3, -0.25) is 0 Å². The van der Waals surface area contributed by atoms with Crippen LogP contribution in [0, 0.1) is 0 Å². The van der Waals surface area contributed by atoms with E-state index in [1.54, 1.807) is 32.4 Å². The molecule has 0 saturated heterocycles. The van der Waals surface area contributed by atoms with Crippen molar-refractivity contribution < 1.29 is 14.3 Å². The number of ether oxygens (including phenoxy) is 2. The summed E-state index contributed by atoms with van der Waals surface area (Å²) in [6.45, 7) is 0. The lowest BCUT2D eigenvalue weighted by Crippen LogP contribution is -2.24. The highest BCUT2D eigenvalue weighted by Gasteiger charge is 2.05. The van der Waals surface area contributed by atoms with Gasteiger partial charge >= 0.3 is 6.03 Å². The van der Waals surface area contributed by atoms with Gasteiger partial charge in [0.2, 0.25) is 0 Å². The normalized spacial score (nSPS) is 10.7. The van der Waals surface area contributed by atoms with Gasteiger partial charge in [-0.25, -0.2) is 10.2 Å². The molecule has 132 valence electrons. The highest BCUT2D eigenvalue weighted by molar-refractivity contribution is 6.01. The van der Waals surface area contributed by atoms with Crippen LogP contribution >= 0.6 is 0 Å². The average Bonchev–Trinajstić information content (AvgIpc) is 2.68. The number of benzene rings is 3. The molecule has 2 N–H and O–H groups in total. The largest absolute Gasteiger partial charge is 0.497 e. The highest BCUT2D eigenvalue weighted by Crippen LogP contribution is 2.23. The first kappa shape index (κ1) is 17.3. The lowest BCUT2D eigenvalue weighted by molar-refractivity contribution is 0.252. The first-order chi connectivity index (χ1) is 12.7. The summed E-state index contributed by atoms with van der Waals surface area (Å²) in [5.74, 6) is 1.30. The van der Waals surface area contributed by atoms with Gasteiger partial charge in [-0.05, 0) is 29.7 Å². The molecule has 0 atom stereocenters. The molecule has 6 heteroatoms. The molecule has 3 aromatic carbocycles. The summed E-state index contributed by atoms with van der Waals surface area (Å²) in [4.78, 5) is 12.1. The second kappa shape index (κ2) is 8.02. The minimum Gasteiger partial charge on any atom is -0.497 e. The molecule has 3 aromatic rings. The zero-order chi connectivity index (χ0) is 18.4. The van der Waals surface area contributed by atoms with Crippen molar-refractivity contribution in [2.24, 2.45) is 5.10 Å². The Labute approximate surface area is 151 Å². The number of hydrazone groups is 1. The maximum Gasteiger partial charge on any atom is 0.339 e. The van der Waals surface area contributed by atoms with Crippen LogP contribution in [0.15, 0.2) is 65.8 Å². The Bertz CT molecular complexity index is 949. The van der Waals surface area contributed by atoms with E-state index in [-0.39, 0.29) is 0 Å². The Morgan fingerprint density at radius 3 is 2.62 bits per heavy atom. The van der Waals surface area contributed by atoms with Crippen molar-refractivity contribution in [1.82, 2.24) is 5.43 Å². The molecule has 0 aliphatic carbocycles. The van der Waals surface area contributed by atoms with E-state index in [9.17, 15) is 4.79 Å². The maximum absolute atomic E-state index is 12.1. The number of nitrogens with zero attached hydrogens (tertiary/aromatic N) is 1. The first-order valence-corrected chi connectivity index (χ1v) is 8.01. The standard InChI is InChI=1S/C20H19N3O3/c1-25-16-10-11-19(26-2)15(12-16)13-21-23-20(24)22-18-9-5-7-14-6-3-4-8-17(14)18/h3-13H,1-2H3,(H2,22,23,24)/b21-13+. The number of methoxy groups -OCH3 is 2. The molecule has 6 nitrogen and oxygen atoms in total. The van der Waals surface area contributed by atoms with Crippen molar-refractivity contribution in [2.45, 2.75) is 0 Å². The number of nitrogens with one attached hydrogen (secondary N) is 2. The topological polar surface area (TPSA) is 72.0 Å². The predicted molar refractivity (Wildman–Crippen MR) is 103 cm³/mol. The van der Waals surface area contributed by atoms with Crippen LogP contribution in [0.5, 0.6) is 11.5 Å². The first-order valence-electron chi connectivity index (χ1n) is 8.01. The smallest absolute Gasteiger partial charge is 0.339 e. The van der Waals surface area contributed by atoms with E-state index in [4.69, 9.17) is 9.47 Å². The van der Waals surface area contributed by atoms with Crippen molar-refractivity contribution >= 4 is 28.7 Å². The molecule has 3 rings (SSSR count). The number of fused-ring (bicyclic) bond motifs is 1. The Morgan fingerprint density at radius 1 is 1.00 bits per heavy atom. The SMILES string of the molecule is COc1ccc(OC)c(/C=N/NC(=O)Nc2cccc3ccccc23)c1. The van der Waals surface area contributed by atoms with Gasteiger partial charge in [-0.2, -0.15) is 5.10 Å². The molecule has 0 fully saturated rings. The zero-order valence-corrected chi connectivity index (χ0v) is 14.5. The number of urea groups is 1. The van der Waals surface area contributed by atoms with E-state index in [0.717, 1.165) is 16.5 Å². The number of amides is 2. The number of anilines is 1. The lowest BCUT2D eigenvalue weighted by atomic mass is 10.1. The van der Waals surface area contributed by atoms with Crippen molar-refractivity contribution in [1.29, 1.82) is 0 Å². The summed E-state index contributed by atoms with van der Waals surface area (Å²) in [5, 5.41) is 8.79. The third-order valence-electron chi connectivity index (χ3n) is 3.84. The number of carbonyl (C=O) groups is 1. The third-order valence-corrected chi connectivity index (χ3v) is 3.84. The average molecular weight is 349 g/mol. The summed E-state index contributed by atoms with van der Waals surface area (Å²) in [6, 6.07) is 18.5. The van der Waals surface area contributed by atoms with Gasteiger partial charge in [0, 0.05) is 10.9 Å². The van der Waals surface area contributed by atoms with Gasteiger partial charge in [-0.1, -0.05) is 36.4 Å². The van der Waals surface area contributed by atoms with Gasteiger partial charge in [0.05, 0.1) is 26.1 Å². The minimum atomic E-state index is -0.431. The fraction of sp³-hybridized carbons (Fsp3) is 0.100. The van der Waals surface area contributed by atoms with Crippen LogP contribution in [0.4, 0.5) is 10.5 Å². The minimum absolute atomic E-state index is 0.431. The van der Waals surface area contributed by atoms with Crippen LogP contribution in [0.1, 0.15) is 5.56 Å². The summed E-state index contributed by atoms with van der Waals surface area (Å²) in [7, 11) is 3.15. The highest BCUT2D eigenvalue weighted by atomic mass is 16.5. The lowest BCUT2D eigenvalue weighted by Gasteiger charge is -2.08. The van der Waals surface area contributed by atoms with E-state index in [1.165, 1.54) is 6.21 Å². The fourth-order valence-electron chi connectivity index (χ4n) is 2.59. The van der Waals surface area contributed by atoms with Crippen LogP contribution in [-0.2, 0) is 0 Å². The molecule has 0 unspecified atom stereocenters. The van der Waals surface area contributed by atoms with E-state index < -0.39 is 6.03 Å². The summed E-state index contributed by atoms with van der Waals surface area (Å²) < 4.78 is 10.5. The zero-order valence-electron chi connectivity index (χ0n) is 14.5. The Morgan fingerprint density at radius 2 is 1.81 bits per heavy atom. The second-order valence-corrected chi connectivity index (χ2v) is 5.46. The van der Waals surface area contributed by atoms with Crippen molar-refractivity contribution in [3.63, 3.8) is 0 Å². The molecular formula is C20H19N3O3. The summed E-state index contributed by atoms with van der Waals surface area (Å²) >= 11 is 0. The molecule has 0 bridgehead atoms.